The molecule has 0 unspecified atom stereocenters. The summed E-state index contributed by atoms with van der Waals surface area (Å²) in [6.07, 6.45) is 0.968. The van der Waals surface area contributed by atoms with Crippen LogP contribution >= 0.6 is 0 Å². The minimum Gasteiger partial charge on any atom is -0.497 e. The lowest BCUT2D eigenvalue weighted by atomic mass is 10.1. The molecule has 0 aliphatic heterocycles. The van der Waals surface area contributed by atoms with E-state index in [0.717, 1.165) is 4.31 Å². The summed E-state index contributed by atoms with van der Waals surface area (Å²) in [5, 5.41) is 14.2. The molecule has 0 bridgehead atoms. The molecule has 42 heavy (non-hydrogen) atoms. The van der Waals surface area contributed by atoms with Crippen LogP contribution in [0.2, 0.25) is 0 Å². The summed E-state index contributed by atoms with van der Waals surface area (Å²) in [7, 11) is -2.76. The van der Waals surface area contributed by atoms with Crippen molar-refractivity contribution < 1.29 is 27.7 Å². The van der Waals surface area contributed by atoms with Gasteiger partial charge in [-0.05, 0) is 61.7 Å². The van der Waals surface area contributed by atoms with Gasteiger partial charge in [-0.1, -0.05) is 44.2 Å². The Morgan fingerprint density at radius 2 is 1.64 bits per heavy atom. The molecule has 2 amide bonds. The molecule has 3 rings (SSSR count). The molecule has 2 atom stereocenters. The third-order valence-corrected chi connectivity index (χ3v) is 8.62. The number of ether oxygens (including phenoxy) is 1. The highest BCUT2D eigenvalue weighted by Gasteiger charge is 2.34. The lowest BCUT2D eigenvalue weighted by molar-refractivity contribution is -0.384. The Kier molecular flexibility index (Phi) is 11.0. The number of hydrogen-bond acceptors (Lipinski definition) is 7. The van der Waals surface area contributed by atoms with Gasteiger partial charge in [0.2, 0.25) is 11.8 Å². The normalized spacial score (nSPS) is 12.6. The van der Waals surface area contributed by atoms with Gasteiger partial charge in [0.15, 0.2) is 0 Å². The maximum Gasteiger partial charge on any atom is 0.269 e. The molecule has 0 fully saturated rings. The van der Waals surface area contributed by atoms with Crippen LogP contribution < -0.4 is 14.4 Å². The average Bonchev–Trinajstić information content (AvgIpc) is 3.00. The molecule has 0 aromatic heterocycles. The molecule has 1 N–H and O–H groups in total. The molecule has 3 aromatic rings. The van der Waals surface area contributed by atoms with Gasteiger partial charge >= 0.3 is 0 Å². The number of nitrogens with zero attached hydrogens (tertiary/aromatic N) is 3. The van der Waals surface area contributed by atoms with Crippen LogP contribution in [0.5, 0.6) is 5.75 Å². The van der Waals surface area contributed by atoms with E-state index in [1.54, 1.807) is 49.4 Å². The number of carbonyl (C=O) groups excluding carboxylic acids is 2. The van der Waals surface area contributed by atoms with E-state index in [4.69, 9.17) is 4.74 Å². The van der Waals surface area contributed by atoms with Crippen molar-refractivity contribution in [2.24, 2.45) is 0 Å². The molecule has 0 saturated carbocycles. The zero-order valence-corrected chi connectivity index (χ0v) is 24.9. The number of hydrogen-bond donors (Lipinski definition) is 1. The van der Waals surface area contributed by atoms with Gasteiger partial charge in [-0.15, -0.1) is 0 Å². The van der Waals surface area contributed by atoms with Crippen molar-refractivity contribution >= 4 is 33.2 Å². The lowest BCUT2D eigenvalue weighted by Crippen LogP contribution is -2.53. The van der Waals surface area contributed by atoms with Gasteiger partial charge in [0, 0.05) is 24.7 Å². The predicted molar refractivity (Wildman–Crippen MR) is 160 cm³/mol. The third kappa shape index (κ3) is 7.84. The fourth-order valence-electron chi connectivity index (χ4n) is 4.32. The number of methoxy groups -OCH3 is 1. The number of carbonyl (C=O) groups is 2. The van der Waals surface area contributed by atoms with Crippen molar-refractivity contribution in [2.75, 3.05) is 18.0 Å². The average molecular weight is 597 g/mol. The summed E-state index contributed by atoms with van der Waals surface area (Å²) in [6.45, 7) is 4.94. The van der Waals surface area contributed by atoms with Gasteiger partial charge in [0.25, 0.3) is 15.7 Å². The SMILES string of the molecule is CC[C@@H](C)NC(=O)[C@H](CC)N(Cc1cccc(OC)c1)C(=O)CN(c1ccc([N+](=O)[O-])cc1)S(=O)(=O)c1ccccc1. The zero-order valence-electron chi connectivity index (χ0n) is 24.1. The van der Waals surface area contributed by atoms with Crippen molar-refractivity contribution in [2.45, 2.75) is 57.1 Å². The first-order valence-electron chi connectivity index (χ1n) is 13.6. The second-order valence-corrected chi connectivity index (χ2v) is 11.6. The maximum atomic E-state index is 14.1. The van der Waals surface area contributed by atoms with Crippen LogP contribution in [0.25, 0.3) is 0 Å². The Morgan fingerprint density at radius 1 is 0.976 bits per heavy atom. The van der Waals surface area contributed by atoms with Crippen LogP contribution in [0, 0.1) is 10.1 Å². The van der Waals surface area contributed by atoms with Crippen molar-refractivity contribution in [1.29, 1.82) is 0 Å². The van der Waals surface area contributed by atoms with Crippen LogP contribution in [-0.4, -0.2) is 55.8 Å². The summed E-state index contributed by atoms with van der Waals surface area (Å²) >= 11 is 0. The van der Waals surface area contributed by atoms with Gasteiger partial charge in [0.05, 0.1) is 22.6 Å². The van der Waals surface area contributed by atoms with Crippen molar-refractivity contribution in [3.8, 4) is 5.75 Å². The van der Waals surface area contributed by atoms with E-state index in [2.05, 4.69) is 5.32 Å². The van der Waals surface area contributed by atoms with Crippen molar-refractivity contribution in [1.82, 2.24) is 10.2 Å². The minimum absolute atomic E-state index is 0.0158. The number of benzene rings is 3. The first-order valence-corrected chi connectivity index (χ1v) is 15.0. The van der Waals surface area contributed by atoms with E-state index in [9.17, 15) is 28.1 Å². The molecule has 224 valence electrons. The second-order valence-electron chi connectivity index (χ2n) is 9.71. The maximum absolute atomic E-state index is 14.1. The third-order valence-electron chi connectivity index (χ3n) is 6.83. The Bertz CT molecular complexity index is 1480. The van der Waals surface area contributed by atoms with Crippen molar-refractivity contribution in [3.05, 3.63) is 94.5 Å². The first kappa shape index (κ1) is 32.1. The van der Waals surface area contributed by atoms with Gasteiger partial charge < -0.3 is 15.0 Å². The number of rotatable bonds is 14. The molecule has 0 aliphatic rings. The van der Waals surface area contributed by atoms with Crippen molar-refractivity contribution in [3.63, 3.8) is 0 Å². The fourth-order valence-corrected chi connectivity index (χ4v) is 5.75. The summed E-state index contributed by atoms with van der Waals surface area (Å²) in [5.74, 6) is -0.408. The molecular weight excluding hydrogens is 560 g/mol. The van der Waals surface area contributed by atoms with Gasteiger partial charge in [-0.2, -0.15) is 0 Å². The highest BCUT2D eigenvalue weighted by molar-refractivity contribution is 7.92. The van der Waals surface area contributed by atoms with Gasteiger partial charge in [-0.3, -0.25) is 24.0 Å². The smallest absolute Gasteiger partial charge is 0.269 e. The Balaban J connectivity index is 2.08. The van der Waals surface area contributed by atoms with E-state index in [0.29, 0.717) is 17.7 Å². The number of nitro benzene ring substituents is 1. The minimum atomic E-state index is -4.28. The van der Waals surface area contributed by atoms with Crippen LogP contribution in [0.15, 0.2) is 83.8 Å². The topological polar surface area (TPSA) is 139 Å². The van der Waals surface area contributed by atoms with Crippen LogP contribution in [0.3, 0.4) is 0 Å². The molecule has 0 radical (unpaired) electrons. The first-order chi connectivity index (χ1) is 20.0. The van der Waals surface area contributed by atoms with Gasteiger partial charge in [0.1, 0.15) is 18.3 Å². The van der Waals surface area contributed by atoms with E-state index in [-0.39, 0.29) is 41.2 Å². The Hall–Kier alpha value is -4.45. The largest absolute Gasteiger partial charge is 0.497 e. The molecule has 0 heterocycles. The molecule has 0 spiro atoms. The molecular formula is C30H36N4O7S. The number of nitro groups is 1. The summed E-state index contributed by atoms with van der Waals surface area (Å²) in [4.78, 5) is 39.4. The van der Waals surface area contributed by atoms with Crippen LogP contribution in [0.1, 0.15) is 39.2 Å². The second kappa shape index (κ2) is 14.4. The number of sulfonamides is 1. The molecule has 3 aromatic carbocycles. The summed E-state index contributed by atoms with van der Waals surface area (Å²) in [6, 6.07) is 18.5. The quantitative estimate of drug-likeness (QED) is 0.213. The standard InChI is InChI=1S/C30H36N4O7S/c1-5-22(3)31-30(36)28(6-2)32(20-23-11-10-12-26(19-23)41-4)29(35)21-33(24-15-17-25(18-16-24)34(37)38)42(39,40)27-13-8-7-9-14-27/h7-19,22,28H,5-6,20-21H2,1-4H3,(H,31,36)/t22-,28+/m1/s1. The Morgan fingerprint density at radius 3 is 2.21 bits per heavy atom. The lowest BCUT2D eigenvalue weighted by Gasteiger charge is -2.33. The number of anilines is 1. The predicted octanol–water partition coefficient (Wildman–Crippen LogP) is 4.52. The highest BCUT2D eigenvalue weighted by atomic mass is 32.2. The molecule has 0 aliphatic carbocycles. The number of non-ortho nitro benzene ring substituents is 1. The van der Waals surface area contributed by atoms with E-state index in [1.165, 1.54) is 48.4 Å². The Labute approximate surface area is 246 Å². The molecule has 11 nitrogen and oxygen atoms in total. The summed E-state index contributed by atoms with van der Waals surface area (Å²) in [5.41, 5.74) is 0.524. The zero-order chi connectivity index (χ0) is 30.9. The van der Waals surface area contributed by atoms with Crippen LogP contribution in [-0.2, 0) is 26.2 Å². The van der Waals surface area contributed by atoms with Crippen LogP contribution in [0.4, 0.5) is 11.4 Å². The van der Waals surface area contributed by atoms with Gasteiger partial charge in [-0.25, -0.2) is 8.42 Å². The van der Waals surface area contributed by atoms with E-state index < -0.39 is 33.4 Å². The van der Waals surface area contributed by atoms with E-state index >= 15 is 0 Å². The number of nitrogens with one attached hydrogen (secondary N) is 1. The summed E-state index contributed by atoms with van der Waals surface area (Å²) < 4.78 is 33.9. The number of amides is 2. The highest BCUT2D eigenvalue weighted by Crippen LogP contribution is 2.27. The molecule has 12 heteroatoms. The molecule has 0 saturated heterocycles. The monoisotopic (exact) mass is 596 g/mol. The van der Waals surface area contributed by atoms with E-state index in [1.807, 2.05) is 13.8 Å². The fraction of sp³-hybridized carbons (Fsp3) is 0.333.